The van der Waals surface area contributed by atoms with Crippen LogP contribution in [0.25, 0.3) is 11.3 Å². The first kappa shape index (κ1) is 11.2. The van der Waals surface area contributed by atoms with Crippen molar-refractivity contribution in [1.82, 2.24) is 9.78 Å². The molecule has 1 heterocycles. The van der Waals surface area contributed by atoms with E-state index in [9.17, 15) is 0 Å². The fraction of sp³-hybridized carbons (Fsp3) is 0.250. The highest BCUT2D eigenvalue weighted by molar-refractivity contribution is 6.30. The second-order valence-corrected chi connectivity index (χ2v) is 3.90. The Balaban J connectivity index is 2.52. The maximum absolute atomic E-state index is 6.16. The van der Waals surface area contributed by atoms with Crippen molar-refractivity contribution in [3.63, 3.8) is 0 Å². The Bertz CT molecular complexity index is 479. The Hall–Kier alpha value is -1.32. The summed E-state index contributed by atoms with van der Waals surface area (Å²) in [5.41, 5.74) is 2.87. The largest absolute Gasteiger partial charge is 0.380 e. The minimum absolute atomic E-state index is 0.469. The third-order valence-corrected chi connectivity index (χ3v) is 2.88. The van der Waals surface area contributed by atoms with E-state index in [2.05, 4.69) is 5.10 Å². The lowest BCUT2D eigenvalue weighted by Gasteiger charge is -2.01. The summed E-state index contributed by atoms with van der Waals surface area (Å²) in [4.78, 5) is 0. The molecule has 0 N–H and O–H groups in total. The maximum Gasteiger partial charge on any atom is 0.132 e. The average Bonchev–Trinajstić information content (AvgIpc) is 2.59. The molecular weight excluding hydrogens is 224 g/mol. The lowest BCUT2D eigenvalue weighted by molar-refractivity contribution is 0.185. The van der Waals surface area contributed by atoms with E-state index in [-0.39, 0.29) is 0 Å². The van der Waals surface area contributed by atoms with Crippen molar-refractivity contribution in [2.24, 2.45) is 7.05 Å². The molecule has 2 aromatic rings. The number of hydrogen-bond donors (Lipinski definition) is 0. The Morgan fingerprint density at radius 3 is 2.62 bits per heavy atom. The second-order valence-electron chi connectivity index (χ2n) is 3.54. The van der Waals surface area contributed by atoms with Gasteiger partial charge in [-0.15, -0.1) is 0 Å². The highest BCUT2D eigenvalue weighted by Crippen LogP contribution is 2.28. The number of rotatable bonds is 3. The van der Waals surface area contributed by atoms with E-state index in [1.165, 1.54) is 0 Å². The maximum atomic E-state index is 6.16. The zero-order valence-electron chi connectivity index (χ0n) is 9.27. The Kier molecular flexibility index (Phi) is 3.27. The van der Waals surface area contributed by atoms with Crippen LogP contribution in [-0.2, 0) is 18.4 Å². The molecule has 0 saturated carbocycles. The van der Waals surface area contributed by atoms with Crippen LogP contribution in [0.5, 0.6) is 0 Å². The first-order valence-corrected chi connectivity index (χ1v) is 5.37. The third-order valence-electron chi connectivity index (χ3n) is 2.40. The molecule has 1 aromatic heterocycles. The van der Waals surface area contributed by atoms with Crippen LogP contribution < -0.4 is 0 Å². The van der Waals surface area contributed by atoms with Crippen LogP contribution in [-0.4, -0.2) is 16.9 Å². The van der Waals surface area contributed by atoms with Crippen molar-refractivity contribution in [3.05, 3.63) is 41.0 Å². The minimum Gasteiger partial charge on any atom is -0.380 e. The van der Waals surface area contributed by atoms with Gasteiger partial charge in [-0.1, -0.05) is 41.9 Å². The van der Waals surface area contributed by atoms with Crippen molar-refractivity contribution in [3.8, 4) is 11.3 Å². The fourth-order valence-electron chi connectivity index (χ4n) is 1.65. The van der Waals surface area contributed by atoms with Gasteiger partial charge in [-0.25, -0.2) is 0 Å². The topological polar surface area (TPSA) is 27.1 Å². The summed E-state index contributed by atoms with van der Waals surface area (Å²) in [6.07, 6.45) is 0. The van der Waals surface area contributed by atoms with Crippen LogP contribution in [0.1, 0.15) is 5.56 Å². The molecule has 0 fully saturated rings. The smallest absolute Gasteiger partial charge is 0.132 e. The molecule has 0 bridgehead atoms. The van der Waals surface area contributed by atoms with E-state index in [1.807, 2.05) is 37.4 Å². The zero-order chi connectivity index (χ0) is 11.5. The Labute approximate surface area is 99.6 Å². The van der Waals surface area contributed by atoms with Gasteiger partial charge in [0.2, 0.25) is 0 Å². The van der Waals surface area contributed by atoms with Gasteiger partial charge >= 0.3 is 0 Å². The van der Waals surface area contributed by atoms with Gasteiger partial charge in [-0.05, 0) is 0 Å². The Morgan fingerprint density at radius 2 is 2.00 bits per heavy atom. The molecule has 0 spiro atoms. The first-order valence-electron chi connectivity index (χ1n) is 4.99. The molecule has 84 valence electrons. The molecule has 0 aliphatic heterocycles. The summed E-state index contributed by atoms with van der Waals surface area (Å²) in [6.45, 7) is 0.469. The highest BCUT2D eigenvalue weighted by Gasteiger charge is 2.15. The molecule has 1 aromatic carbocycles. The number of aryl methyl sites for hydroxylation is 1. The van der Waals surface area contributed by atoms with Crippen molar-refractivity contribution in [2.45, 2.75) is 6.61 Å². The lowest BCUT2D eigenvalue weighted by Crippen LogP contribution is -1.90. The minimum atomic E-state index is 0.469. The van der Waals surface area contributed by atoms with Crippen LogP contribution in [0, 0.1) is 0 Å². The molecule has 3 nitrogen and oxygen atoms in total. The molecule has 2 rings (SSSR count). The van der Waals surface area contributed by atoms with Crippen LogP contribution in [0.2, 0.25) is 5.15 Å². The van der Waals surface area contributed by atoms with Gasteiger partial charge < -0.3 is 4.74 Å². The van der Waals surface area contributed by atoms with Crippen LogP contribution >= 0.6 is 11.6 Å². The summed E-state index contributed by atoms with van der Waals surface area (Å²) < 4.78 is 6.81. The summed E-state index contributed by atoms with van der Waals surface area (Å²) in [5.74, 6) is 0. The number of halogens is 1. The quantitative estimate of drug-likeness (QED) is 0.820. The highest BCUT2D eigenvalue weighted by atomic mass is 35.5. The van der Waals surface area contributed by atoms with E-state index >= 15 is 0 Å². The molecule has 0 saturated heterocycles. The van der Waals surface area contributed by atoms with E-state index in [1.54, 1.807) is 11.8 Å². The molecular formula is C12H13ClN2O. The summed E-state index contributed by atoms with van der Waals surface area (Å²) in [5, 5.41) is 5.03. The zero-order valence-corrected chi connectivity index (χ0v) is 10.0. The summed E-state index contributed by atoms with van der Waals surface area (Å²) >= 11 is 6.16. The lowest BCUT2D eigenvalue weighted by atomic mass is 10.1. The van der Waals surface area contributed by atoms with Crippen molar-refractivity contribution >= 4 is 11.6 Å². The summed E-state index contributed by atoms with van der Waals surface area (Å²) in [7, 11) is 3.48. The van der Waals surface area contributed by atoms with Gasteiger partial charge in [-0.2, -0.15) is 5.10 Å². The first-order chi connectivity index (χ1) is 7.74. The molecule has 0 radical (unpaired) electrons. The standard InChI is InChI=1S/C12H13ClN2O/c1-15-12(13)10(8-16-2)11(14-15)9-6-4-3-5-7-9/h3-7H,8H2,1-2H3. The number of nitrogens with zero attached hydrogens (tertiary/aromatic N) is 2. The van der Waals surface area contributed by atoms with Crippen LogP contribution in [0.4, 0.5) is 0 Å². The van der Waals surface area contributed by atoms with Gasteiger partial charge in [0.05, 0.1) is 12.3 Å². The number of aromatic nitrogens is 2. The van der Waals surface area contributed by atoms with Crippen molar-refractivity contribution in [1.29, 1.82) is 0 Å². The molecule has 0 amide bonds. The van der Waals surface area contributed by atoms with Crippen molar-refractivity contribution in [2.75, 3.05) is 7.11 Å². The van der Waals surface area contributed by atoms with Gasteiger partial charge in [-0.3, -0.25) is 4.68 Å². The predicted octanol–water partition coefficient (Wildman–Crippen LogP) is 2.89. The van der Waals surface area contributed by atoms with Crippen molar-refractivity contribution < 1.29 is 4.74 Å². The van der Waals surface area contributed by atoms with Gasteiger partial charge in [0.25, 0.3) is 0 Å². The number of methoxy groups -OCH3 is 1. The average molecular weight is 237 g/mol. The van der Waals surface area contributed by atoms with Gasteiger partial charge in [0.1, 0.15) is 5.15 Å². The molecule has 0 atom stereocenters. The normalized spacial score (nSPS) is 10.7. The Morgan fingerprint density at radius 1 is 1.31 bits per heavy atom. The molecule has 4 heteroatoms. The van der Waals surface area contributed by atoms with Gasteiger partial charge in [0.15, 0.2) is 0 Å². The number of ether oxygens (including phenoxy) is 1. The van der Waals surface area contributed by atoms with E-state index in [0.717, 1.165) is 16.8 Å². The summed E-state index contributed by atoms with van der Waals surface area (Å²) in [6, 6.07) is 9.96. The van der Waals surface area contributed by atoms with Gasteiger partial charge in [0, 0.05) is 25.3 Å². The van der Waals surface area contributed by atoms with Crippen LogP contribution in [0.15, 0.2) is 30.3 Å². The molecule has 0 aliphatic carbocycles. The third kappa shape index (κ3) is 1.96. The number of hydrogen-bond acceptors (Lipinski definition) is 2. The predicted molar refractivity (Wildman–Crippen MR) is 64.4 cm³/mol. The molecule has 0 aliphatic rings. The van der Waals surface area contributed by atoms with E-state index in [0.29, 0.717) is 11.8 Å². The monoisotopic (exact) mass is 236 g/mol. The van der Waals surface area contributed by atoms with E-state index < -0.39 is 0 Å². The molecule has 16 heavy (non-hydrogen) atoms. The molecule has 0 unspecified atom stereocenters. The van der Waals surface area contributed by atoms with E-state index in [4.69, 9.17) is 16.3 Å². The SMILES string of the molecule is COCc1c(-c2ccccc2)nn(C)c1Cl. The number of benzene rings is 1. The van der Waals surface area contributed by atoms with Crippen LogP contribution in [0.3, 0.4) is 0 Å². The second kappa shape index (κ2) is 4.68. The fourth-order valence-corrected chi connectivity index (χ4v) is 1.83.